The van der Waals surface area contributed by atoms with Gasteiger partial charge in [0.2, 0.25) is 5.91 Å². The number of aryl methyl sites for hydroxylation is 1. The van der Waals surface area contributed by atoms with Crippen LogP contribution in [0.15, 0.2) is 24.3 Å². The Balaban J connectivity index is 1.52. The second kappa shape index (κ2) is 8.68. The monoisotopic (exact) mass is 322 g/mol. The van der Waals surface area contributed by atoms with E-state index >= 15 is 0 Å². The number of carbonyl (C=O) groups is 2. The molecule has 0 aromatic heterocycles. The van der Waals surface area contributed by atoms with Gasteiger partial charge < -0.3 is 15.0 Å². The van der Waals surface area contributed by atoms with Gasteiger partial charge >= 0.3 is 0 Å². The van der Waals surface area contributed by atoms with Crippen molar-refractivity contribution in [3.8, 4) is 5.75 Å². The fourth-order valence-electron chi connectivity index (χ4n) is 2.15. The quantitative estimate of drug-likeness (QED) is 0.747. The normalized spacial score (nSPS) is 14.2. The number of hydrogen-bond acceptors (Lipinski definition) is 4. The first-order valence-electron chi connectivity index (χ1n) is 7.53. The van der Waals surface area contributed by atoms with Crippen LogP contribution < -0.4 is 10.1 Å². The number of nitrogens with zero attached hydrogens (tertiary/aromatic N) is 1. The van der Waals surface area contributed by atoms with Crippen LogP contribution >= 0.6 is 11.8 Å². The van der Waals surface area contributed by atoms with E-state index in [2.05, 4.69) is 5.32 Å². The highest BCUT2D eigenvalue weighted by atomic mass is 32.2. The van der Waals surface area contributed by atoms with Crippen LogP contribution in [0.3, 0.4) is 0 Å². The highest BCUT2D eigenvalue weighted by molar-refractivity contribution is 8.13. The Morgan fingerprint density at radius 1 is 1.45 bits per heavy atom. The predicted molar refractivity (Wildman–Crippen MR) is 88.3 cm³/mol. The van der Waals surface area contributed by atoms with Crippen LogP contribution in [0.5, 0.6) is 5.75 Å². The Morgan fingerprint density at radius 3 is 3.05 bits per heavy atom. The molecule has 2 amide bonds. The summed E-state index contributed by atoms with van der Waals surface area (Å²) in [7, 11) is 0. The van der Waals surface area contributed by atoms with Crippen LogP contribution in [0, 0.1) is 6.92 Å². The van der Waals surface area contributed by atoms with Crippen molar-refractivity contribution in [3.05, 3.63) is 29.8 Å². The van der Waals surface area contributed by atoms with Crippen LogP contribution in [0.1, 0.15) is 18.4 Å². The minimum Gasteiger partial charge on any atom is -0.494 e. The fourth-order valence-corrected chi connectivity index (χ4v) is 3.00. The van der Waals surface area contributed by atoms with Gasteiger partial charge in [0.05, 0.1) is 6.61 Å². The first kappa shape index (κ1) is 16.7. The van der Waals surface area contributed by atoms with E-state index in [9.17, 15) is 9.59 Å². The van der Waals surface area contributed by atoms with Crippen molar-refractivity contribution in [2.45, 2.75) is 19.8 Å². The van der Waals surface area contributed by atoms with E-state index in [4.69, 9.17) is 4.74 Å². The number of rotatable bonds is 8. The fraction of sp³-hybridized carbons (Fsp3) is 0.500. The van der Waals surface area contributed by atoms with E-state index in [1.165, 1.54) is 17.3 Å². The van der Waals surface area contributed by atoms with Gasteiger partial charge in [-0.05, 0) is 31.0 Å². The van der Waals surface area contributed by atoms with Crippen molar-refractivity contribution in [2.75, 3.05) is 32.0 Å². The minimum absolute atomic E-state index is 0.0137. The van der Waals surface area contributed by atoms with Crippen LogP contribution in [0.25, 0.3) is 0 Å². The summed E-state index contributed by atoms with van der Waals surface area (Å²) in [6, 6.07) is 7.90. The predicted octanol–water partition coefficient (Wildman–Crippen LogP) is 2.44. The number of nitrogens with one attached hydrogen (secondary N) is 1. The average molecular weight is 322 g/mol. The SMILES string of the molecule is Cc1cccc(OCCCNC(=O)CCN2CCSC2=O)c1. The molecule has 0 atom stereocenters. The lowest BCUT2D eigenvalue weighted by Crippen LogP contribution is -2.31. The lowest BCUT2D eigenvalue weighted by atomic mass is 10.2. The Hall–Kier alpha value is -1.69. The third-order valence-corrected chi connectivity index (χ3v) is 4.25. The molecule has 1 aromatic rings. The Labute approximate surface area is 135 Å². The highest BCUT2D eigenvalue weighted by Gasteiger charge is 2.21. The highest BCUT2D eigenvalue weighted by Crippen LogP contribution is 2.17. The van der Waals surface area contributed by atoms with E-state index in [0.29, 0.717) is 26.1 Å². The second-order valence-corrected chi connectivity index (χ2v) is 6.27. The summed E-state index contributed by atoms with van der Waals surface area (Å²) in [6.45, 7) is 4.45. The van der Waals surface area contributed by atoms with Crippen LogP contribution in [0.4, 0.5) is 4.79 Å². The molecule has 0 spiro atoms. The summed E-state index contributed by atoms with van der Waals surface area (Å²) in [4.78, 5) is 24.8. The lowest BCUT2D eigenvalue weighted by Gasteiger charge is -2.14. The molecule has 1 aliphatic rings. The lowest BCUT2D eigenvalue weighted by molar-refractivity contribution is -0.121. The van der Waals surface area contributed by atoms with Crippen molar-refractivity contribution < 1.29 is 14.3 Å². The maximum atomic E-state index is 11.7. The van der Waals surface area contributed by atoms with Gasteiger partial charge in [-0.2, -0.15) is 0 Å². The van der Waals surface area contributed by atoms with Crippen molar-refractivity contribution in [2.24, 2.45) is 0 Å². The standard InChI is InChI=1S/C16H22N2O3S/c1-13-4-2-5-14(12-13)21-10-3-7-17-15(19)6-8-18-9-11-22-16(18)20/h2,4-5,12H,3,6-11H2,1H3,(H,17,19). The second-order valence-electron chi connectivity index (χ2n) is 5.22. The first-order valence-corrected chi connectivity index (χ1v) is 8.51. The van der Waals surface area contributed by atoms with Gasteiger partial charge in [0.15, 0.2) is 0 Å². The third kappa shape index (κ3) is 5.60. The molecule has 0 radical (unpaired) electrons. The Bertz CT molecular complexity index is 522. The molecule has 2 rings (SSSR count). The van der Waals surface area contributed by atoms with Crippen LogP contribution in [-0.2, 0) is 4.79 Å². The van der Waals surface area contributed by atoms with Crippen molar-refractivity contribution in [1.29, 1.82) is 0 Å². The third-order valence-electron chi connectivity index (χ3n) is 3.36. The molecule has 0 aliphatic carbocycles. The van der Waals surface area contributed by atoms with Gasteiger partial charge in [-0.15, -0.1) is 0 Å². The molecule has 1 saturated heterocycles. The summed E-state index contributed by atoms with van der Waals surface area (Å²) in [6.07, 6.45) is 1.13. The largest absolute Gasteiger partial charge is 0.494 e. The van der Waals surface area contributed by atoms with Crippen molar-refractivity contribution in [1.82, 2.24) is 10.2 Å². The number of thioether (sulfide) groups is 1. The van der Waals surface area contributed by atoms with E-state index in [1.54, 1.807) is 4.90 Å². The van der Waals surface area contributed by atoms with Gasteiger partial charge in [0.1, 0.15) is 5.75 Å². The van der Waals surface area contributed by atoms with E-state index in [1.807, 2.05) is 31.2 Å². The molecule has 1 heterocycles. The van der Waals surface area contributed by atoms with E-state index in [-0.39, 0.29) is 11.1 Å². The molecule has 1 N–H and O–H groups in total. The average Bonchev–Trinajstić information content (AvgIpc) is 2.90. The van der Waals surface area contributed by atoms with Crippen LogP contribution in [0.2, 0.25) is 0 Å². The van der Waals surface area contributed by atoms with E-state index in [0.717, 1.165) is 24.5 Å². The molecular weight excluding hydrogens is 300 g/mol. The van der Waals surface area contributed by atoms with Gasteiger partial charge in [0, 0.05) is 31.8 Å². The molecule has 0 bridgehead atoms. The molecule has 1 fully saturated rings. The van der Waals surface area contributed by atoms with Crippen molar-refractivity contribution >= 4 is 22.9 Å². The smallest absolute Gasteiger partial charge is 0.281 e. The molecule has 6 heteroatoms. The number of ether oxygens (including phenoxy) is 1. The van der Waals surface area contributed by atoms with Crippen molar-refractivity contribution in [3.63, 3.8) is 0 Å². The summed E-state index contributed by atoms with van der Waals surface area (Å²) in [5.74, 6) is 1.67. The molecule has 22 heavy (non-hydrogen) atoms. The van der Waals surface area contributed by atoms with Gasteiger partial charge in [-0.3, -0.25) is 9.59 Å². The number of benzene rings is 1. The number of hydrogen-bond donors (Lipinski definition) is 1. The maximum absolute atomic E-state index is 11.7. The molecule has 0 unspecified atom stereocenters. The van der Waals surface area contributed by atoms with Crippen LogP contribution in [-0.4, -0.2) is 48.0 Å². The molecular formula is C16H22N2O3S. The van der Waals surface area contributed by atoms with Gasteiger partial charge in [-0.25, -0.2) is 0 Å². The topological polar surface area (TPSA) is 58.6 Å². The van der Waals surface area contributed by atoms with Gasteiger partial charge in [0.25, 0.3) is 5.24 Å². The molecule has 1 aromatic carbocycles. The summed E-state index contributed by atoms with van der Waals surface area (Å²) < 4.78 is 5.62. The maximum Gasteiger partial charge on any atom is 0.281 e. The Morgan fingerprint density at radius 2 is 2.32 bits per heavy atom. The first-order chi connectivity index (χ1) is 10.6. The molecule has 120 valence electrons. The summed E-state index contributed by atoms with van der Waals surface area (Å²) >= 11 is 1.32. The zero-order chi connectivity index (χ0) is 15.8. The zero-order valence-corrected chi connectivity index (χ0v) is 13.7. The number of carbonyl (C=O) groups excluding carboxylic acids is 2. The Kier molecular flexibility index (Phi) is 6.58. The summed E-state index contributed by atoms with van der Waals surface area (Å²) in [5, 5.41) is 2.94. The van der Waals surface area contributed by atoms with Gasteiger partial charge in [-0.1, -0.05) is 23.9 Å². The summed E-state index contributed by atoms with van der Waals surface area (Å²) in [5.41, 5.74) is 1.17. The number of amides is 2. The molecule has 1 aliphatic heterocycles. The van der Waals surface area contributed by atoms with E-state index < -0.39 is 0 Å². The molecule has 5 nitrogen and oxygen atoms in total. The minimum atomic E-state index is -0.0137. The zero-order valence-electron chi connectivity index (χ0n) is 12.8. The molecule has 0 saturated carbocycles.